The van der Waals surface area contributed by atoms with Gasteiger partial charge >= 0.3 is 116 Å². The Labute approximate surface area is 380 Å². The Kier molecular flexibility index (Phi) is 16.6. The zero-order valence-corrected chi connectivity index (χ0v) is 39.7. The molecule has 0 atom stereocenters. The smallest absolute Gasteiger partial charge is 0.172 e. The standard InChI is InChI=1S/C35H37.C14H11Cl.C5H5.2ClH.Zr/c1-22-13-9-11-15-26(22)30-18-24-17-25-19-31(27-16-12-10-14-23(27)2)33(35(6,7)8)21-29(25)28(24)20-32(30)34(3,4)5;15-14-10-8-13(9-11-14)7-6-12-4-2-1-3-5-12;1-2-4-5-3-1;;;/h9-16,18,20-21H,17H2,1-8H3;1-5,8-11H,6H2;1-5H;2*1H;/q-1;;-1;;;+2/p-2. The van der Waals surface area contributed by atoms with Gasteiger partial charge in [-0.15, -0.1) is 28.8 Å². The van der Waals surface area contributed by atoms with Crippen molar-refractivity contribution >= 4 is 14.8 Å². The first-order valence-electron chi connectivity index (χ1n) is 19.6. The van der Waals surface area contributed by atoms with Gasteiger partial charge in [-0.3, -0.25) is 0 Å². The summed E-state index contributed by atoms with van der Waals surface area (Å²) < 4.78 is 1.45. The van der Waals surface area contributed by atoms with E-state index in [1.807, 2.05) is 42.5 Å². The van der Waals surface area contributed by atoms with Gasteiger partial charge in [0.2, 0.25) is 0 Å². The Morgan fingerprint density at radius 2 is 1.14 bits per heavy atom. The molecule has 296 valence electrons. The van der Waals surface area contributed by atoms with E-state index in [4.69, 9.17) is 11.6 Å². The van der Waals surface area contributed by atoms with E-state index in [9.17, 15) is 0 Å². The Balaban J connectivity index is 0.000000268. The van der Waals surface area contributed by atoms with Crippen LogP contribution in [0.2, 0.25) is 5.02 Å². The molecule has 0 amide bonds. The molecule has 0 fully saturated rings. The summed E-state index contributed by atoms with van der Waals surface area (Å²) >= 11 is 7.34. The molecule has 0 aliphatic heterocycles. The largest absolute Gasteiger partial charge is 1.00 e. The average molecular weight is 900 g/mol. The fraction of sp³-hybridized carbons (Fsp3) is 0.222. The molecule has 0 radical (unpaired) electrons. The molecule has 0 spiro atoms. The molecular weight excluding hydrogens is 846 g/mol. The summed E-state index contributed by atoms with van der Waals surface area (Å²) in [6.07, 6.45) is 1.97. The number of hydrogen-bond donors (Lipinski definition) is 0. The van der Waals surface area contributed by atoms with Crippen molar-refractivity contribution in [3.8, 4) is 33.4 Å². The van der Waals surface area contributed by atoms with Gasteiger partial charge in [0.05, 0.1) is 0 Å². The van der Waals surface area contributed by atoms with Crippen molar-refractivity contribution < 1.29 is 49.0 Å². The second-order valence-electron chi connectivity index (χ2n) is 16.9. The van der Waals surface area contributed by atoms with Crippen LogP contribution in [0.3, 0.4) is 0 Å². The first-order chi connectivity index (χ1) is 26.7. The molecule has 7 aromatic rings. The maximum atomic E-state index is 5.87. The van der Waals surface area contributed by atoms with Crippen LogP contribution in [0.1, 0.15) is 86.1 Å². The van der Waals surface area contributed by atoms with Gasteiger partial charge in [0, 0.05) is 0 Å². The number of aryl methyl sites for hydroxylation is 2. The summed E-state index contributed by atoms with van der Waals surface area (Å²) in [5.41, 5.74) is 18.9. The molecular formula is C54H53Cl3Zr-2. The predicted molar refractivity (Wildman–Crippen MR) is 239 cm³/mol. The molecule has 0 bridgehead atoms. The third kappa shape index (κ3) is 11.5. The maximum absolute atomic E-state index is 5.87. The Bertz CT molecular complexity index is 2280. The molecule has 0 saturated carbocycles. The third-order valence-corrected chi connectivity index (χ3v) is 11.9. The van der Waals surface area contributed by atoms with Crippen LogP contribution < -0.4 is 24.8 Å². The minimum absolute atomic E-state index is 0. The SMILES string of the molecule is Cc1ccccc1-c1[c-]c2c(cc1C(C)(C)C)-c1cc(C(C)(C)C)c(-c3ccccc3C)cc1C2.Clc1ccc([C](=[Zr+2])Cc2ccccc2)cc1.[Cl-].[Cl-].c1cc[cH-]c1. The average Bonchev–Trinajstić information content (AvgIpc) is 3.86. The van der Waals surface area contributed by atoms with Crippen molar-refractivity contribution in [3.63, 3.8) is 0 Å². The maximum Gasteiger partial charge on any atom is -0.172 e. The molecule has 0 saturated heterocycles. The summed E-state index contributed by atoms with van der Waals surface area (Å²) in [5.74, 6) is 0. The van der Waals surface area contributed by atoms with Gasteiger partial charge in [0.25, 0.3) is 0 Å². The molecule has 1 aliphatic rings. The molecule has 0 N–H and O–H groups in total. The summed E-state index contributed by atoms with van der Waals surface area (Å²) in [6.45, 7) is 18.4. The number of halogens is 3. The van der Waals surface area contributed by atoms with Crippen molar-refractivity contribution in [3.05, 3.63) is 207 Å². The van der Waals surface area contributed by atoms with Gasteiger partial charge in [-0.05, 0) is 58.9 Å². The monoisotopic (exact) mass is 896 g/mol. The first-order valence-corrected chi connectivity index (χ1v) is 21.2. The van der Waals surface area contributed by atoms with Gasteiger partial charge in [-0.1, -0.05) is 124 Å². The van der Waals surface area contributed by atoms with Crippen LogP contribution >= 0.6 is 11.6 Å². The fourth-order valence-electron chi connectivity index (χ4n) is 7.45. The molecule has 0 unspecified atom stereocenters. The van der Waals surface area contributed by atoms with E-state index in [1.165, 1.54) is 105 Å². The van der Waals surface area contributed by atoms with Crippen LogP contribution in [0.4, 0.5) is 0 Å². The van der Waals surface area contributed by atoms with Crippen LogP contribution in [0.25, 0.3) is 33.4 Å². The zero-order valence-electron chi connectivity index (χ0n) is 35.0. The van der Waals surface area contributed by atoms with E-state index < -0.39 is 0 Å². The molecule has 8 rings (SSSR count). The van der Waals surface area contributed by atoms with Crippen molar-refractivity contribution in [2.45, 2.75) is 79.1 Å². The van der Waals surface area contributed by atoms with Gasteiger partial charge < -0.3 is 24.8 Å². The Hall–Kier alpha value is -3.71. The van der Waals surface area contributed by atoms with Crippen LogP contribution in [0.15, 0.2) is 152 Å². The van der Waals surface area contributed by atoms with E-state index in [0.717, 1.165) is 17.9 Å². The van der Waals surface area contributed by atoms with Crippen LogP contribution in [-0.4, -0.2) is 3.21 Å². The molecule has 0 aromatic heterocycles. The van der Waals surface area contributed by atoms with Crippen LogP contribution in [-0.2, 0) is 47.9 Å². The molecule has 7 aromatic carbocycles. The van der Waals surface area contributed by atoms with E-state index in [0.29, 0.717) is 0 Å². The molecule has 0 nitrogen and oxygen atoms in total. The van der Waals surface area contributed by atoms with Gasteiger partial charge in [-0.25, -0.2) is 12.1 Å². The van der Waals surface area contributed by atoms with Crippen molar-refractivity contribution in [1.82, 2.24) is 0 Å². The quantitative estimate of drug-likeness (QED) is 0.152. The van der Waals surface area contributed by atoms with Gasteiger partial charge in [-0.2, -0.15) is 18.2 Å². The molecule has 4 heteroatoms. The third-order valence-electron chi connectivity index (χ3n) is 10.5. The van der Waals surface area contributed by atoms with Crippen molar-refractivity contribution in [1.29, 1.82) is 0 Å². The van der Waals surface area contributed by atoms with Crippen molar-refractivity contribution in [2.24, 2.45) is 0 Å². The minimum atomic E-state index is 0. The normalized spacial score (nSPS) is 11.4. The van der Waals surface area contributed by atoms with Gasteiger partial charge in [0.1, 0.15) is 0 Å². The molecule has 58 heavy (non-hydrogen) atoms. The van der Waals surface area contributed by atoms with Crippen molar-refractivity contribution in [2.75, 3.05) is 0 Å². The number of hydrogen-bond acceptors (Lipinski definition) is 0. The summed E-state index contributed by atoms with van der Waals surface area (Å²) in [6, 6.07) is 57.5. The van der Waals surface area contributed by atoms with E-state index in [-0.39, 0.29) is 35.6 Å². The second kappa shape index (κ2) is 20.5. The Morgan fingerprint density at radius 3 is 1.67 bits per heavy atom. The predicted octanol–water partition coefficient (Wildman–Crippen LogP) is 8.67. The Morgan fingerprint density at radius 1 is 0.603 bits per heavy atom. The van der Waals surface area contributed by atoms with Crippen LogP contribution in [0.5, 0.6) is 0 Å². The zero-order chi connectivity index (χ0) is 40.0. The number of rotatable bonds is 5. The molecule has 1 aliphatic carbocycles. The minimum Gasteiger partial charge on any atom is -1.00 e. The topological polar surface area (TPSA) is 0 Å². The summed E-state index contributed by atoms with van der Waals surface area (Å²) in [5, 5.41) is 0.798. The summed E-state index contributed by atoms with van der Waals surface area (Å²) in [7, 11) is 0. The number of benzene rings is 6. The first kappa shape index (κ1) is 47.0. The molecule has 0 heterocycles. The van der Waals surface area contributed by atoms with E-state index in [1.54, 1.807) is 0 Å². The van der Waals surface area contributed by atoms with Gasteiger partial charge in [0.15, 0.2) is 0 Å². The summed E-state index contributed by atoms with van der Waals surface area (Å²) in [4.78, 5) is 0. The van der Waals surface area contributed by atoms with E-state index in [2.05, 4.69) is 171 Å². The number of fused-ring (bicyclic) bond motifs is 3. The van der Waals surface area contributed by atoms with Crippen LogP contribution in [0, 0.1) is 19.9 Å². The second-order valence-corrected chi connectivity index (χ2v) is 18.8. The van der Waals surface area contributed by atoms with E-state index >= 15 is 0 Å². The fourth-order valence-corrected chi connectivity index (χ4v) is 8.49.